The first kappa shape index (κ1) is 18.8. The van der Waals surface area contributed by atoms with Crippen molar-refractivity contribution < 1.29 is 5.11 Å². The molecule has 0 aromatic rings. The number of fused-ring (bicyclic) bond motifs is 5. The third-order valence-electron chi connectivity index (χ3n) is 9.38. The molecule has 0 spiro atoms. The lowest BCUT2D eigenvalue weighted by molar-refractivity contribution is -0.0540. The van der Waals surface area contributed by atoms with Gasteiger partial charge in [0.2, 0.25) is 0 Å². The average molecular weight is 357 g/mol. The fourth-order valence-corrected chi connectivity index (χ4v) is 8.19. The fraction of sp³-hybridized carbons (Fsp3) is 0.840. The fourth-order valence-electron chi connectivity index (χ4n) is 8.19. The van der Waals surface area contributed by atoms with Gasteiger partial charge in [-0.2, -0.15) is 0 Å². The Morgan fingerprint density at radius 3 is 2.62 bits per heavy atom. The number of allylic oxidation sites excluding steroid dienone is 3. The third kappa shape index (κ3) is 2.76. The predicted molar refractivity (Wildman–Crippen MR) is 110 cm³/mol. The molecule has 1 heteroatoms. The molecule has 3 fully saturated rings. The average Bonchev–Trinajstić information content (AvgIpc) is 2.92. The van der Waals surface area contributed by atoms with Crippen molar-refractivity contribution >= 4 is 0 Å². The molecule has 4 aliphatic carbocycles. The Bertz CT molecular complexity index is 612. The zero-order valence-electron chi connectivity index (χ0n) is 17.7. The van der Waals surface area contributed by atoms with E-state index in [1.165, 1.54) is 44.1 Å². The molecule has 0 aromatic carbocycles. The Hall–Kier alpha value is -0.560. The highest BCUT2D eigenvalue weighted by Crippen LogP contribution is 2.67. The van der Waals surface area contributed by atoms with Crippen LogP contribution in [-0.4, -0.2) is 11.2 Å². The summed E-state index contributed by atoms with van der Waals surface area (Å²) in [6.45, 7) is 12.2. The summed E-state index contributed by atoms with van der Waals surface area (Å²) in [5.74, 6) is 4.27. The Morgan fingerprint density at radius 2 is 1.88 bits per heavy atom. The van der Waals surface area contributed by atoms with E-state index >= 15 is 0 Å². The van der Waals surface area contributed by atoms with Crippen molar-refractivity contribution in [2.45, 2.75) is 92.1 Å². The highest BCUT2D eigenvalue weighted by atomic mass is 16.3. The molecule has 3 saturated carbocycles. The van der Waals surface area contributed by atoms with Crippen LogP contribution in [0.2, 0.25) is 0 Å². The summed E-state index contributed by atoms with van der Waals surface area (Å²) < 4.78 is 0. The van der Waals surface area contributed by atoms with Gasteiger partial charge in [0.1, 0.15) is 0 Å². The van der Waals surface area contributed by atoms with Crippen LogP contribution >= 0.6 is 0 Å². The summed E-state index contributed by atoms with van der Waals surface area (Å²) in [6, 6.07) is 0. The summed E-state index contributed by atoms with van der Waals surface area (Å²) in [5, 5.41) is 10.2. The summed E-state index contributed by atoms with van der Waals surface area (Å²) in [7, 11) is 0. The molecule has 26 heavy (non-hydrogen) atoms. The Balaban J connectivity index is 1.61. The van der Waals surface area contributed by atoms with Crippen molar-refractivity contribution in [1.29, 1.82) is 0 Å². The van der Waals surface area contributed by atoms with Crippen LogP contribution < -0.4 is 0 Å². The van der Waals surface area contributed by atoms with Gasteiger partial charge in [0.25, 0.3) is 0 Å². The van der Waals surface area contributed by atoms with E-state index < -0.39 is 0 Å². The number of rotatable bonds is 2. The Morgan fingerprint density at radius 1 is 1.12 bits per heavy atom. The van der Waals surface area contributed by atoms with E-state index in [-0.39, 0.29) is 6.10 Å². The first-order valence-corrected chi connectivity index (χ1v) is 11.3. The van der Waals surface area contributed by atoms with Crippen molar-refractivity contribution in [1.82, 2.24) is 0 Å². The van der Waals surface area contributed by atoms with E-state index in [4.69, 9.17) is 0 Å². The quantitative estimate of drug-likeness (QED) is 0.558. The minimum Gasteiger partial charge on any atom is -0.393 e. The van der Waals surface area contributed by atoms with E-state index in [9.17, 15) is 5.11 Å². The van der Waals surface area contributed by atoms with E-state index in [1.807, 2.05) is 0 Å². The summed E-state index contributed by atoms with van der Waals surface area (Å²) in [4.78, 5) is 0. The topological polar surface area (TPSA) is 20.2 Å². The molecule has 146 valence electrons. The van der Waals surface area contributed by atoms with Gasteiger partial charge in [-0.05, 0) is 106 Å². The maximum absolute atomic E-state index is 10.2. The van der Waals surface area contributed by atoms with Gasteiger partial charge < -0.3 is 5.11 Å². The molecular formula is C25H40O. The normalized spacial score (nSPS) is 48.7. The van der Waals surface area contributed by atoms with E-state index in [2.05, 4.69) is 46.8 Å². The van der Waals surface area contributed by atoms with Gasteiger partial charge in [0, 0.05) is 0 Å². The first-order chi connectivity index (χ1) is 12.3. The lowest BCUT2D eigenvalue weighted by Crippen LogP contribution is -2.50. The van der Waals surface area contributed by atoms with Crippen molar-refractivity contribution in [3.05, 3.63) is 23.3 Å². The molecule has 0 heterocycles. The molecule has 0 bridgehead atoms. The molecule has 8 atom stereocenters. The molecule has 1 nitrogen and oxygen atoms in total. The Kier molecular flexibility index (Phi) is 4.70. The second-order valence-electron chi connectivity index (χ2n) is 11.0. The van der Waals surface area contributed by atoms with E-state index in [0.29, 0.717) is 10.8 Å². The minimum atomic E-state index is -0.0829. The predicted octanol–water partition coefficient (Wildman–Crippen LogP) is 6.53. The zero-order valence-corrected chi connectivity index (χ0v) is 17.7. The highest BCUT2D eigenvalue weighted by molar-refractivity contribution is 5.25. The van der Waals surface area contributed by atoms with Gasteiger partial charge in [0.05, 0.1) is 6.10 Å². The van der Waals surface area contributed by atoms with Crippen LogP contribution in [0.5, 0.6) is 0 Å². The Labute approximate surface area is 161 Å². The summed E-state index contributed by atoms with van der Waals surface area (Å²) >= 11 is 0. The summed E-state index contributed by atoms with van der Waals surface area (Å²) in [5.41, 5.74) is 4.01. The largest absolute Gasteiger partial charge is 0.393 e. The molecule has 0 radical (unpaired) electrons. The van der Waals surface area contributed by atoms with Crippen molar-refractivity contribution in [2.75, 3.05) is 0 Å². The van der Waals surface area contributed by atoms with E-state index in [0.717, 1.165) is 42.4 Å². The van der Waals surface area contributed by atoms with Crippen LogP contribution in [-0.2, 0) is 0 Å². The molecule has 4 rings (SSSR count). The maximum atomic E-state index is 10.2. The van der Waals surface area contributed by atoms with Crippen LogP contribution in [0, 0.1) is 40.4 Å². The lowest BCUT2D eigenvalue weighted by atomic mass is 9.47. The minimum absolute atomic E-state index is 0.0829. The molecular weight excluding hydrogens is 316 g/mol. The molecule has 0 aliphatic heterocycles. The second kappa shape index (κ2) is 6.50. The van der Waals surface area contributed by atoms with Crippen LogP contribution in [0.4, 0.5) is 0 Å². The van der Waals surface area contributed by atoms with Crippen LogP contribution in [0.25, 0.3) is 0 Å². The van der Waals surface area contributed by atoms with Gasteiger partial charge in [-0.15, -0.1) is 0 Å². The van der Waals surface area contributed by atoms with Crippen LogP contribution in [0.1, 0.15) is 86.0 Å². The highest BCUT2D eigenvalue weighted by Gasteiger charge is 2.58. The molecule has 0 aromatic heterocycles. The SMILES string of the molecule is CC(C)=CC(C)[C@H]1CC[C@H]2[C@@H]3CC=C4C[C@@H](O)CC[C@]4(C)[C@H]3CC[C@]12C. The van der Waals surface area contributed by atoms with Crippen LogP contribution in [0.15, 0.2) is 23.3 Å². The maximum Gasteiger partial charge on any atom is 0.0577 e. The number of aliphatic hydroxyl groups is 1. The smallest absolute Gasteiger partial charge is 0.0577 e. The number of aliphatic hydroxyl groups excluding tert-OH is 1. The van der Waals surface area contributed by atoms with Crippen molar-refractivity contribution in [3.8, 4) is 0 Å². The van der Waals surface area contributed by atoms with Gasteiger partial charge in [-0.1, -0.05) is 44.1 Å². The number of hydrogen-bond acceptors (Lipinski definition) is 1. The van der Waals surface area contributed by atoms with Crippen LogP contribution in [0.3, 0.4) is 0 Å². The molecule has 1 N–H and O–H groups in total. The van der Waals surface area contributed by atoms with Gasteiger partial charge >= 0.3 is 0 Å². The van der Waals surface area contributed by atoms with E-state index in [1.54, 1.807) is 5.57 Å². The van der Waals surface area contributed by atoms with Gasteiger partial charge in [0.15, 0.2) is 0 Å². The molecule has 0 amide bonds. The van der Waals surface area contributed by atoms with Gasteiger partial charge in [-0.3, -0.25) is 0 Å². The van der Waals surface area contributed by atoms with Gasteiger partial charge in [-0.25, -0.2) is 0 Å². The first-order valence-electron chi connectivity index (χ1n) is 11.3. The number of hydrogen-bond donors (Lipinski definition) is 1. The monoisotopic (exact) mass is 356 g/mol. The summed E-state index contributed by atoms with van der Waals surface area (Å²) in [6.07, 6.45) is 15.2. The standard InChI is InChI=1S/C25H40O/c1-16(2)14-17(3)21-8-9-22-20-7-6-18-15-19(26)10-12-24(18,4)23(20)11-13-25(21,22)5/h6,14,17,19-23,26H,7-13,15H2,1-5H3/t17?,19-,20-,21+,22-,23-,24-,25+/m0/s1. The third-order valence-corrected chi connectivity index (χ3v) is 9.38. The molecule has 0 saturated heterocycles. The second-order valence-corrected chi connectivity index (χ2v) is 11.0. The van der Waals surface area contributed by atoms with Crippen molar-refractivity contribution in [3.63, 3.8) is 0 Å². The lowest BCUT2D eigenvalue weighted by Gasteiger charge is -2.58. The van der Waals surface area contributed by atoms with Crippen molar-refractivity contribution in [2.24, 2.45) is 40.4 Å². The molecule has 1 unspecified atom stereocenters. The molecule has 4 aliphatic rings. The zero-order chi connectivity index (χ0) is 18.7.